The van der Waals surface area contributed by atoms with Crippen molar-refractivity contribution in [2.75, 3.05) is 27.2 Å². The molecule has 0 radical (unpaired) electrons. The van der Waals surface area contributed by atoms with E-state index in [1.54, 1.807) is 12.1 Å². The Balaban J connectivity index is 2.47. The lowest BCUT2D eigenvalue weighted by atomic mass is 9.99. The number of hydrogen-bond acceptors (Lipinski definition) is 4. The first-order valence-electron chi connectivity index (χ1n) is 8.40. The van der Waals surface area contributed by atoms with Crippen LogP contribution in [-0.2, 0) is 11.3 Å². The molecule has 2 amide bonds. The van der Waals surface area contributed by atoms with Crippen molar-refractivity contribution in [3.05, 3.63) is 35.4 Å². The molecule has 6 heteroatoms. The van der Waals surface area contributed by atoms with Crippen molar-refractivity contribution in [3.63, 3.8) is 0 Å². The summed E-state index contributed by atoms with van der Waals surface area (Å²) in [5, 5.41) is 5.71. The molecule has 0 heterocycles. The Kier molecular flexibility index (Phi) is 8.43. The Morgan fingerprint density at radius 3 is 2.33 bits per heavy atom. The lowest BCUT2D eigenvalue weighted by Gasteiger charge is -2.17. The molecule has 0 spiro atoms. The van der Waals surface area contributed by atoms with E-state index in [-0.39, 0.29) is 17.7 Å². The number of nitrogens with zero attached hydrogens (tertiary/aromatic N) is 1. The van der Waals surface area contributed by atoms with Crippen LogP contribution in [0.1, 0.15) is 36.2 Å². The number of benzene rings is 1. The second kappa shape index (κ2) is 10.1. The Labute approximate surface area is 144 Å². The predicted molar refractivity (Wildman–Crippen MR) is 96.6 cm³/mol. The summed E-state index contributed by atoms with van der Waals surface area (Å²) in [5.74, 6) is -0.0840. The van der Waals surface area contributed by atoms with Gasteiger partial charge in [-0.3, -0.25) is 9.59 Å². The lowest BCUT2D eigenvalue weighted by molar-refractivity contribution is -0.123. The minimum atomic E-state index is -0.489. The number of carbonyl (C=O) groups excluding carboxylic acids is 2. The average Bonchev–Trinajstić information content (AvgIpc) is 2.58. The Hall–Kier alpha value is -1.92. The maximum Gasteiger partial charge on any atom is 0.251 e. The van der Waals surface area contributed by atoms with E-state index in [1.165, 1.54) is 0 Å². The summed E-state index contributed by atoms with van der Waals surface area (Å²) < 4.78 is 0. The molecule has 0 saturated carbocycles. The smallest absolute Gasteiger partial charge is 0.251 e. The van der Waals surface area contributed by atoms with E-state index in [2.05, 4.69) is 10.6 Å². The number of nitrogens with two attached hydrogens (primary N) is 1. The Morgan fingerprint density at radius 2 is 1.79 bits per heavy atom. The summed E-state index contributed by atoms with van der Waals surface area (Å²) in [6.07, 6.45) is 0.867. The highest BCUT2D eigenvalue weighted by atomic mass is 16.2. The van der Waals surface area contributed by atoms with Gasteiger partial charge in [-0.25, -0.2) is 0 Å². The molecule has 0 fully saturated rings. The van der Waals surface area contributed by atoms with Gasteiger partial charge in [0.15, 0.2) is 0 Å². The van der Waals surface area contributed by atoms with Gasteiger partial charge < -0.3 is 21.3 Å². The minimum Gasteiger partial charge on any atom is -0.351 e. The van der Waals surface area contributed by atoms with Crippen molar-refractivity contribution in [2.45, 2.75) is 32.9 Å². The maximum atomic E-state index is 12.0. The summed E-state index contributed by atoms with van der Waals surface area (Å²) in [7, 11) is 3.92. The third-order valence-corrected chi connectivity index (χ3v) is 4.09. The third-order valence-electron chi connectivity index (χ3n) is 4.09. The van der Waals surface area contributed by atoms with Gasteiger partial charge in [0.1, 0.15) is 0 Å². The van der Waals surface area contributed by atoms with Gasteiger partial charge in [-0.15, -0.1) is 0 Å². The molecule has 0 aliphatic carbocycles. The lowest BCUT2D eigenvalue weighted by Crippen LogP contribution is -2.44. The second-order valence-electron chi connectivity index (χ2n) is 6.39. The van der Waals surface area contributed by atoms with Crippen LogP contribution in [0.3, 0.4) is 0 Å². The molecular weight excluding hydrogens is 304 g/mol. The fraction of sp³-hybridized carbons (Fsp3) is 0.556. The molecular formula is C18H30N4O2. The summed E-state index contributed by atoms with van der Waals surface area (Å²) >= 11 is 0. The average molecular weight is 334 g/mol. The van der Waals surface area contributed by atoms with Crippen molar-refractivity contribution in [1.82, 2.24) is 15.5 Å². The second-order valence-corrected chi connectivity index (χ2v) is 6.39. The van der Waals surface area contributed by atoms with Gasteiger partial charge >= 0.3 is 0 Å². The van der Waals surface area contributed by atoms with Gasteiger partial charge in [0, 0.05) is 25.2 Å². The molecule has 134 valence electrons. The van der Waals surface area contributed by atoms with Gasteiger partial charge in [0.2, 0.25) is 5.91 Å². The number of hydrogen-bond donors (Lipinski definition) is 3. The van der Waals surface area contributed by atoms with E-state index in [1.807, 2.05) is 45.0 Å². The van der Waals surface area contributed by atoms with Crippen molar-refractivity contribution in [2.24, 2.45) is 11.7 Å². The molecule has 24 heavy (non-hydrogen) atoms. The number of rotatable bonds is 9. The quantitative estimate of drug-likeness (QED) is 0.628. The first-order chi connectivity index (χ1) is 11.3. The van der Waals surface area contributed by atoms with Crippen molar-refractivity contribution < 1.29 is 9.59 Å². The first kappa shape index (κ1) is 20.1. The number of carbonyl (C=O) groups is 2. The molecule has 4 N–H and O–H groups in total. The Bertz CT molecular complexity index is 528. The number of likely N-dealkylation sites (N-methyl/N-ethyl adjacent to an activating group) is 1. The highest BCUT2D eigenvalue weighted by Gasteiger charge is 2.18. The Morgan fingerprint density at radius 1 is 1.17 bits per heavy atom. The van der Waals surface area contributed by atoms with Crippen LogP contribution in [0.2, 0.25) is 0 Å². The van der Waals surface area contributed by atoms with E-state index in [9.17, 15) is 9.59 Å². The molecule has 1 aromatic carbocycles. The molecule has 1 rings (SSSR count). The van der Waals surface area contributed by atoms with Crippen LogP contribution in [0.5, 0.6) is 0 Å². The molecule has 2 atom stereocenters. The minimum absolute atomic E-state index is 0.0915. The zero-order chi connectivity index (χ0) is 18.1. The normalized spacial score (nSPS) is 13.4. The van der Waals surface area contributed by atoms with Crippen LogP contribution in [-0.4, -0.2) is 49.9 Å². The molecule has 0 aliphatic rings. The highest BCUT2D eigenvalue weighted by Crippen LogP contribution is 2.07. The fourth-order valence-corrected chi connectivity index (χ4v) is 2.09. The van der Waals surface area contributed by atoms with E-state index < -0.39 is 6.04 Å². The van der Waals surface area contributed by atoms with Gasteiger partial charge in [-0.2, -0.15) is 0 Å². The van der Waals surface area contributed by atoms with Crippen molar-refractivity contribution >= 4 is 11.8 Å². The zero-order valence-corrected chi connectivity index (χ0v) is 15.1. The van der Waals surface area contributed by atoms with E-state index >= 15 is 0 Å². The van der Waals surface area contributed by atoms with Gasteiger partial charge in [0.05, 0.1) is 6.04 Å². The number of amides is 2. The van der Waals surface area contributed by atoms with Crippen LogP contribution >= 0.6 is 0 Å². The zero-order valence-electron chi connectivity index (χ0n) is 15.1. The summed E-state index contributed by atoms with van der Waals surface area (Å²) in [6, 6.07) is 6.73. The fourth-order valence-electron chi connectivity index (χ4n) is 2.09. The van der Waals surface area contributed by atoms with E-state index in [4.69, 9.17) is 5.73 Å². The van der Waals surface area contributed by atoms with Crippen LogP contribution in [0, 0.1) is 5.92 Å². The summed E-state index contributed by atoms with van der Waals surface area (Å²) in [6.45, 7) is 5.79. The van der Waals surface area contributed by atoms with Crippen LogP contribution < -0.4 is 16.4 Å². The summed E-state index contributed by atoms with van der Waals surface area (Å²) in [4.78, 5) is 26.0. The molecule has 0 bridgehead atoms. The number of nitrogens with one attached hydrogen (secondary N) is 2. The van der Waals surface area contributed by atoms with Crippen LogP contribution in [0.25, 0.3) is 0 Å². The van der Waals surface area contributed by atoms with Gasteiger partial charge in [-0.05, 0) is 37.7 Å². The maximum absolute atomic E-state index is 12.0. The highest BCUT2D eigenvalue weighted by molar-refractivity contribution is 5.94. The first-order valence-corrected chi connectivity index (χ1v) is 8.40. The molecule has 0 aromatic heterocycles. The van der Waals surface area contributed by atoms with E-state index in [0.29, 0.717) is 18.7 Å². The summed E-state index contributed by atoms with van der Waals surface area (Å²) in [5.41, 5.74) is 7.44. The van der Waals surface area contributed by atoms with E-state index in [0.717, 1.165) is 18.5 Å². The third kappa shape index (κ3) is 6.68. The molecule has 0 aliphatic heterocycles. The van der Waals surface area contributed by atoms with Crippen LogP contribution in [0.4, 0.5) is 0 Å². The predicted octanol–water partition coefficient (Wildman–Crippen LogP) is 0.968. The van der Waals surface area contributed by atoms with Gasteiger partial charge in [0.25, 0.3) is 5.91 Å². The standard InChI is InChI=1S/C18H30N4O2/c1-5-13(2)16(19)18(24)21-12-14-6-8-15(9-7-14)17(23)20-10-11-22(3)4/h6-9,13,16H,5,10-12,19H2,1-4H3,(H,20,23)(H,21,24). The topological polar surface area (TPSA) is 87.5 Å². The van der Waals surface area contributed by atoms with Crippen molar-refractivity contribution in [1.29, 1.82) is 0 Å². The largest absolute Gasteiger partial charge is 0.351 e. The van der Waals surface area contributed by atoms with Crippen LogP contribution in [0.15, 0.2) is 24.3 Å². The van der Waals surface area contributed by atoms with Crippen molar-refractivity contribution in [3.8, 4) is 0 Å². The molecule has 0 saturated heterocycles. The molecule has 1 aromatic rings. The SMILES string of the molecule is CCC(C)C(N)C(=O)NCc1ccc(C(=O)NCCN(C)C)cc1. The molecule has 6 nitrogen and oxygen atoms in total. The molecule has 2 unspecified atom stereocenters. The van der Waals surface area contributed by atoms with Gasteiger partial charge in [-0.1, -0.05) is 32.4 Å². The monoisotopic (exact) mass is 334 g/mol.